The maximum Gasteiger partial charge on any atom is 0.0945 e. The van der Waals surface area contributed by atoms with Gasteiger partial charge in [0.2, 0.25) is 0 Å². The van der Waals surface area contributed by atoms with E-state index in [0.29, 0.717) is 0 Å². The third-order valence-corrected chi connectivity index (χ3v) is 6.62. The SMILES string of the molecule is CCCCCCCc1ccc(-c2ccc(CCCCCCCCCC3CC3)nn2)cn1. The summed E-state index contributed by atoms with van der Waals surface area (Å²) in [6.07, 6.45) is 24.8. The molecule has 0 unspecified atom stereocenters. The Hall–Kier alpha value is -1.77. The van der Waals surface area contributed by atoms with Crippen molar-refractivity contribution >= 4 is 0 Å². The molecule has 1 saturated carbocycles. The summed E-state index contributed by atoms with van der Waals surface area (Å²) >= 11 is 0. The minimum Gasteiger partial charge on any atom is -0.261 e. The number of rotatable bonds is 17. The van der Waals surface area contributed by atoms with Crippen LogP contribution in [0.15, 0.2) is 30.5 Å². The Kier molecular flexibility index (Phi) is 11.0. The Labute approximate surface area is 190 Å². The first kappa shape index (κ1) is 23.9. The fourth-order valence-corrected chi connectivity index (χ4v) is 4.31. The minimum absolute atomic E-state index is 0.928. The topological polar surface area (TPSA) is 38.7 Å². The van der Waals surface area contributed by atoms with E-state index in [-0.39, 0.29) is 0 Å². The molecule has 1 fully saturated rings. The van der Waals surface area contributed by atoms with Gasteiger partial charge in [-0.3, -0.25) is 4.98 Å². The summed E-state index contributed by atoms with van der Waals surface area (Å²) in [6.45, 7) is 2.26. The lowest BCUT2D eigenvalue weighted by Gasteiger charge is -2.05. The lowest BCUT2D eigenvalue weighted by atomic mass is 10.1. The van der Waals surface area contributed by atoms with Crippen molar-refractivity contribution in [2.45, 2.75) is 116 Å². The van der Waals surface area contributed by atoms with Crippen molar-refractivity contribution in [2.24, 2.45) is 5.92 Å². The molecule has 0 spiro atoms. The third-order valence-electron chi connectivity index (χ3n) is 6.62. The third kappa shape index (κ3) is 9.93. The van der Waals surface area contributed by atoms with Crippen LogP contribution < -0.4 is 0 Å². The van der Waals surface area contributed by atoms with Gasteiger partial charge in [0, 0.05) is 17.5 Å². The van der Waals surface area contributed by atoms with Crippen LogP contribution in [0.3, 0.4) is 0 Å². The molecule has 0 atom stereocenters. The highest BCUT2D eigenvalue weighted by Crippen LogP contribution is 2.34. The fourth-order valence-electron chi connectivity index (χ4n) is 4.31. The van der Waals surface area contributed by atoms with Crippen LogP contribution in [0.25, 0.3) is 11.3 Å². The van der Waals surface area contributed by atoms with Crippen molar-refractivity contribution in [2.75, 3.05) is 0 Å². The highest BCUT2D eigenvalue weighted by atomic mass is 15.1. The van der Waals surface area contributed by atoms with Crippen molar-refractivity contribution in [3.05, 3.63) is 41.9 Å². The van der Waals surface area contributed by atoms with Gasteiger partial charge in [0.15, 0.2) is 0 Å². The number of nitrogens with zero attached hydrogens (tertiary/aromatic N) is 3. The predicted molar refractivity (Wildman–Crippen MR) is 131 cm³/mol. The number of aromatic nitrogens is 3. The quantitative estimate of drug-likeness (QED) is 0.242. The first-order valence-corrected chi connectivity index (χ1v) is 13.1. The van der Waals surface area contributed by atoms with Gasteiger partial charge in [-0.1, -0.05) is 90.4 Å². The van der Waals surface area contributed by atoms with Gasteiger partial charge >= 0.3 is 0 Å². The molecule has 0 aliphatic heterocycles. The van der Waals surface area contributed by atoms with Crippen molar-refractivity contribution in [3.63, 3.8) is 0 Å². The molecule has 2 aromatic rings. The zero-order chi connectivity index (χ0) is 21.6. The average molecular weight is 422 g/mol. The Bertz CT molecular complexity index is 704. The van der Waals surface area contributed by atoms with Gasteiger partial charge < -0.3 is 0 Å². The molecule has 0 N–H and O–H groups in total. The molecule has 0 radical (unpaired) electrons. The Morgan fingerprint density at radius 3 is 1.94 bits per heavy atom. The largest absolute Gasteiger partial charge is 0.261 e. The van der Waals surface area contributed by atoms with Gasteiger partial charge in [-0.15, -0.1) is 0 Å². The number of pyridine rings is 1. The van der Waals surface area contributed by atoms with Crippen LogP contribution in [-0.2, 0) is 12.8 Å². The summed E-state index contributed by atoms with van der Waals surface area (Å²) in [5, 5.41) is 8.91. The van der Waals surface area contributed by atoms with Crippen molar-refractivity contribution in [1.29, 1.82) is 0 Å². The van der Waals surface area contributed by atoms with Gasteiger partial charge in [-0.25, -0.2) is 0 Å². The highest BCUT2D eigenvalue weighted by molar-refractivity contribution is 5.57. The van der Waals surface area contributed by atoms with E-state index in [0.717, 1.165) is 35.7 Å². The average Bonchev–Trinajstić information content (AvgIpc) is 3.63. The summed E-state index contributed by atoms with van der Waals surface area (Å²) < 4.78 is 0. The van der Waals surface area contributed by atoms with Crippen LogP contribution in [0.5, 0.6) is 0 Å². The van der Waals surface area contributed by atoms with Crippen LogP contribution in [-0.4, -0.2) is 15.2 Å². The molecule has 31 heavy (non-hydrogen) atoms. The maximum absolute atomic E-state index is 4.64. The van der Waals surface area contributed by atoms with Crippen LogP contribution in [0, 0.1) is 5.92 Å². The summed E-state index contributed by atoms with van der Waals surface area (Å²) in [7, 11) is 0. The van der Waals surface area contributed by atoms with E-state index >= 15 is 0 Å². The smallest absolute Gasteiger partial charge is 0.0945 e. The zero-order valence-electron chi connectivity index (χ0n) is 19.8. The van der Waals surface area contributed by atoms with Crippen molar-refractivity contribution < 1.29 is 0 Å². The fraction of sp³-hybridized carbons (Fsp3) is 0.679. The van der Waals surface area contributed by atoms with Gasteiger partial charge in [-0.05, 0) is 55.9 Å². The Morgan fingerprint density at radius 1 is 0.677 bits per heavy atom. The van der Waals surface area contributed by atoms with Crippen molar-refractivity contribution in [1.82, 2.24) is 15.2 Å². The summed E-state index contributed by atoms with van der Waals surface area (Å²) in [5.41, 5.74) is 4.30. The van der Waals surface area contributed by atoms with E-state index < -0.39 is 0 Å². The molecule has 3 rings (SSSR count). The second kappa shape index (κ2) is 14.3. The molecule has 0 amide bonds. The summed E-state index contributed by atoms with van der Waals surface area (Å²) in [4.78, 5) is 4.64. The molecule has 0 saturated heterocycles. The van der Waals surface area contributed by atoms with Crippen LogP contribution in [0.2, 0.25) is 0 Å². The molecule has 3 nitrogen and oxygen atoms in total. The van der Waals surface area contributed by atoms with Gasteiger partial charge in [0.25, 0.3) is 0 Å². The highest BCUT2D eigenvalue weighted by Gasteiger charge is 2.19. The minimum atomic E-state index is 0.928. The van der Waals surface area contributed by atoms with Gasteiger partial charge in [-0.2, -0.15) is 10.2 Å². The standard InChI is InChI=1S/C28H43N3/c1-2-3-4-8-12-15-26-20-19-25(23-29-26)28-22-21-27(30-31-28)16-13-10-7-5-6-9-11-14-24-17-18-24/h19-24H,2-18H2,1H3. The first-order chi connectivity index (χ1) is 15.3. The number of hydrogen-bond acceptors (Lipinski definition) is 3. The molecular formula is C28H43N3. The second-order valence-corrected chi connectivity index (χ2v) is 9.57. The molecule has 1 aliphatic rings. The molecule has 2 aromatic heterocycles. The molecule has 170 valence electrons. The van der Waals surface area contributed by atoms with Gasteiger partial charge in [0.05, 0.1) is 11.4 Å². The second-order valence-electron chi connectivity index (χ2n) is 9.57. The number of unbranched alkanes of at least 4 members (excludes halogenated alkanes) is 10. The number of aryl methyl sites for hydroxylation is 2. The van der Waals surface area contributed by atoms with Crippen LogP contribution >= 0.6 is 0 Å². The maximum atomic E-state index is 4.64. The molecule has 0 bridgehead atoms. The van der Waals surface area contributed by atoms with Crippen LogP contribution in [0.4, 0.5) is 0 Å². The number of hydrogen-bond donors (Lipinski definition) is 0. The van der Waals surface area contributed by atoms with Gasteiger partial charge in [0.1, 0.15) is 0 Å². The van der Waals surface area contributed by atoms with Crippen LogP contribution in [0.1, 0.15) is 115 Å². The lowest BCUT2D eigenvalue weighted by molar-refractivity contribution is 0.551. The van der Waals surface area contributed by atoms with E-state index in [9.17, 15) is 0 Å². The zero-order valence-corrected chi connectivity index (χ0v) is 19.8. The molecule has 3 heteroatoms. The van der Waals surface area contributed by atoms with E-state index in [2.05, 4.69) is 46.4 Å². The monoisotopic (exact) mass is 421 g/mol. The van der Waals surface area contributed by atoms with Crippen molar-refractivity contribution in [3.8, 4) is 11.3 Å². The first-order valence-electron chi connectivity index (χ1n) is 13.1. The molecule has 0 aromatic carbocycles. The predicted octanol–water partition coefficient (Wildman–Crippen LogP) is 8.12. The molecule has 1 aliphatic carbocycles. The van der Waals surface area contributed by atoms with E-state index in [1.54, 1.807) is 0 Å². The lowest BCUT2D eigenvalue weighted by Crippen LogP contribution is -1.96. The Balaban J connectivity index is 1.27. The normalized spacial score (nSPS) is 13.6. The van der Waals surface area contributed by atoms with E-state index in [4.69, 9.17) is 0 Å². The summed E-state index contributed by atoms with van der Waals surface area (Å²) in [6, 6.07) is 8.53. The van der Waals surface area contributed by atoms with E-state index in [1.807, 2.05) is 6.20 Å². The Morgan fingerprint density at radius 2 is 1.32 bits per heavy atom. The molecular weight excluding hydrogens is 378 g/mol. The van der Waals surface area contributed by atoms with E-state index in [1.165, 1.54) is 102 Å². The summed E-state index contributed by atoms with van der Waals surface area (Å²) in [5.74, 6) is 1.10. The molecule has 2 heterocycles.